The third kappa shape index (κ3) is 8.04. The average molecular weight is 319 g/mol. The van der Waals surface area contributed by atoms with Gasteiger partial charge in [-0.2, -0.15) is 0 Å². The lowest BCUT2D eigenvalue weighted by atomic mass is 10.0. The molecule has 21 heavy (non-hydrogen) atoms. The van der Waals surface area contributed by atoms with E-state index in [2.05, 4.69) is 34.4 Å². The highest BCUT2D eigenvalue weighted by atomic mass is 35.5. The van der Waals surface area contributed by atoms with Crippen LogP contribution in [-0.2, 0) is 4.79 Å². The summed E-state index contributed by atoms with van der Waals surface area (Å²) < 4.78 is 0. The predicted molar refractivity (Wildman–Crippen MR) is 86.7 cm³/mol. The highest BCUT2D eigenvalue weighted by Gasteiger charge is 2.22. The fourth-order valence-corrected chi connectivity index (χ4v) is 2.41. The number of halogens is 1. The van der Waals surface area contributed by atoms with Crippen molar-refractivity contribution in [3.05, 3.63) is 12.7 Å². The second-order valence-corrected chi connectivity index (χ2v) is 5.00. The van der Waals surface area contributed by atoms with Crippen LogP contribution in [0.15, 0.2) is 12.7 Å². The Hall–Kier alpha value is -1.11. The number of piperidine rings is 1. The number of carbonyl (C=O) groups is 2. The van der Waals surface area contributed by atoms with E-state index in [0.29, 0.717) is 12.6 Å². The maximum Gasteiger partial charge on any atom is 0.321 e. The van der Waals surface area contributed by atoms with Gasteiger partial charge in [0.15, 0.2) is 0 Å². The lowest BCUT2D eigenvalue weighted by Crippen LogP contribution is -2.49. The lowest BCUT2D eigenvalue weighted by Gasteiger charge is -2.33. The van der Waals surface area contributed by atoms with Gasteiger partial charge in [0.2, 0.25) is 5.91 Å². The molecule has 0 aliphatic carbocycles. The van der Waals surface area contributed by atoms with Crippen LogP contribution in [0.2, 0.25) is 0 Å². The summed E-state index contributed by atoms with van der Waals surface area (Å²) in [7, 11) is 0. The van der Waals surface area contributed by atoms with E-state index in [-0.39, 0.29) is 24.9 Å². The molecule has 6 nitrogen and oxygen atoms in total. The Labute approximate surface area is 133 Å². The van der Waals surface area contributed by atoms with Crippen LogP contribution in [0.4, 0.5) is 4.79 Å². The summed E-state index contributed by atoms with van der Waals surface area (Å²) in [5, 5.41) is 8.20. The number of imide groups is 1. The van der Waals surface area contributed by atoms with Gasteiger partial charge in [0.1, 0.15) is 0 Å². The number of carbonyl (C=O) groups excluding carboxylic acids is 2. The molecule has 0 spiro atoms. The third-order valence-electron chi connectivity index (χ3n) is 3.34. The molecule has 0 radical (unpaired) electrons. The van der Waals surface area contributed by atoms with Gasteiger partial charge in [-0.3, -0.25) is 15.0 Å². The van der Waals surface area contributed by atoms with Crippen molar-refractivity contribution < 1.29 is 9.59 Å². The first-order valence-electron chi connectivity index (χ1n) is 7.30. The minimum atomic E-state index is -0.461. The van der Waals surface area contributed by atoms with Gasteiger partial charge in [0, 0.05) is 12.6 Å². The van der Waals surface area contributed by atoms with Crippen LogP contribution in [0, 0.1) is 0 Å². The second-order valence-electron chi connectivity index (χ2n) is 5.00. The molecular formula is C14H27ClN4O2. The van der Waals surface area contributed by atoms with Gasteiger partial charge in [-0.1, -0.05) is 13.0 Å². The largest absolute Gasteiger partial charge is 0.334 e. The minimum absolute atomic E-state index is 0. The quantitative estimate of drug-likeness (QED) is 0.609. The van der Waals surface area contributed by atoms with Crippen molar-refractivity contribution in [3.63, 3.8) is 0 Å². The molecule has 1 heterocycles. The van der Waals surface area contributed by atoms with Crippen LogP contribution in [0.5, 0.6) is 0 Å². The van der Waals surface area contributed by atoms with Gasteiger partial charge in [-0.25, -0.2) is 4.79 Å². The molecule has 1 saturated heterocycles. The van der Waals surface area contributed by atoms with Crippen molar-refractivity contribution in [2.24, 2.45) is 0 Å². The second kappa shape index (κ2) is 11.5. The summed E-state index contributed by atoms with van der Waals surface area (Å²) in [5.74, 6) is -0.251. The zero-order chi connectivity index (χ0) is 14.8. The molecular weight excluding hydrogens is 292 g/mol. The van der Waals surface area contributed by atoms with Crippen LogP contribution in [0.1, 0.15) is 26.2 Å². The van der Waals surface area contributed by atoms with E-state index < -0.39 is 6.03 Å². The summed E-state index contributed by atoms with van der Waals surface area (Å²) in [6, 6.07) is -0.0326. The maximum absolute atomic E-state index is 11.9. The minimum Gasteiger partial charge on any atom is -0.334 e. The monoisotopic (exact) mass is 318 g/mol. The average Bonchev–Trinajstić information content (AvgIpc) is 2.45. The molecule has 7 heteroatoms. The molecule has 1 aliphatic rings. The van der Waals surface area contributed by atoms with Gasteiger partial charge in [-0.15, -0.1) is 19.0 Å². The summed E-state index contributed by atoms with van der Waals surface area (Å²) in [6.07, 6.45) is 4.67. The van der Waals surface area contributed by atoms with Crippen LogP contribution >= 0.6 is 12.4 Å². The standard InChI is InChI=1S/C14H26N4O2.ClH/c1-3-7-16-14(20)17-13(19)11-18(10-4-2)12-5-8-15-9-6-12;/h3,12,15H,1,4-11H2,2H3,(H2,16,17,19,20);1H. The van der Waals surface area contributed by atoms with Gasteiger partial charge >= 0.3 is 6.03 Å². The first-order valence-corrected chi connectivity index (χ1v) is 7.30. The molecule has 3 N–H and O–H groups in total. The Morgan fingerprint density at radius 1 is 1.38 bits per heavy atom. The molecule has 3 amide bonds. The highest BCUT2D eigenvalue weighted by molar-refractivity contribution is 5.95. The molecule has 122 valence electrons. The van der Waals surface area contributed by atoms with Gasteiger partial charge in [0.05, 0.1) is 6.54 Å². The molecule has 1 fully saturated rings. The van der Waals surface area contributed by atoms with E-state index >= 15 is 0 Å². The molecule has 0 unspecified atom stereocenters. The Bertz CT molecular complexity index is 333. The summed E-state index contributed by atoms with van der Waals surface area (Å²) in [5.41, 5.74) is 0. The van der Waals surface area contributed by atoms with E-state index in [1.807, 2.05) is 0 Å². The zero-order valence-corrected chi connectivity index (χ0v) is 13.5. The molecule has 1 rings (SSSR count). The van der Waals surface area contributed by atoms with Crippen LogP contribution in [0.3, 0.4) is 0 Å². The normalized spacial score (nSPS) is 15.1. The van der Waals surface area contributed by atoms with Crippen molar-refractivity contribution in [1.29, 1.82) is 0 Å². The van der Waals surface area contributed by atoms with Gasteiger partial charge in [-0.05, 0) is 38.9 Å². The molecule has 1 aliphatic heterocycles. The van der Waals surface area contributed by atoms with Gasteiger partial charge in [0.25, 0.3) is 0 Å². The van der Waals surface area contributed by atoms with Crippen LogP contribution < -0.4 is 16.0 Å². The Kier molecular flexibility index (Phi) is 10.9. The summed E-state index contributed by atoms with van der Waals surface area (Å²) in [6.45, 7) is 9.10. The molecule has 0 saturated carbocycles. The van der Waals surface area contributed by atoms with Crippen molar-refractivity contribution in [3.8, 4) is 0 Å². The fraction of sp³-hybridized carbons (Fsp3) is 0.714. The summed E-state index contributed by atoms with van der Waals surface area (Å²) in [4.78, 5) is 25.5. The number of amides is 3. The molecule has 0 aromatic carbocycles. The number of nitrogens with one attached hydrogen (secondary N) is 3. The third-order valence-corrected chi connectivity index (χ3v) is 3.34. The number of hydrogen-bond donors (Lipinski definition) is 3. The highest BCUT2D eigenvalue weighted by Crippen LogP contribution is 2.11. The zero-order valence-electron chi connectivity index (χ0n) is 12.7. The van der Waals surface area contributed by atoms with E-state index in [0.717, 1.165) is 38.9 Å². The topological polar surface area (TPSA) is 73.5 Å². The molecule has 0 aromatic rings. The molecule has 0 aromatic heterocycles. The first kappa shape index (κ1) is 19.9. The Morgan fingerprint density at radius 3 is 2.62 bits per heavy atom. The Balaban J connectivity index is 0.00000400. The predicted octanol–water partition coefficient (Wildman–Crippen LogP) is 0.884. The summed E-state index contributed by atoms with van der Waals surface area (Å²) >= 11 is 0. The number of hydrogen-bond acceptors (Lipinski definition) is 4. The maximum atomic E-state index is 11.9. The Morgan fingerprint density at radius 2 is 2.05 bits per heavy atom. The van der Waals surface area contributed by atoms with E-state index in [4.69, 9.17) is 0 Å². The van der Waals surface area contributed by atoms with Crippen molar-refractivity contribution in [2.45, 2.75) is 32.2 Å². The molecule has 0 bridgehead atoms. The van der Waals surface area contributed by atoms with Crippen molar-refractivity contribution in [1.82, 2.24) is 20.9 Å². The van der Waals surface area contributed by atoms with Gasteiger partial charge < -0.3 is 10.6 Å². The SMILES string of the molecule is C=CCNC(=O)NC(=O)CN(CCC)C1CCNCC1.Cl. The number of nitrogens with zero attached hydrogens (tertiary/aromatic N) is 1. The fourth-order valence-electron chi connectivity index (χ4n) is 2.41. The van der Waals surface area contributed by atoms with Crippen LogP contribution in [-0.4, -0.2) is 55.6 Å². The number of rotatable bonds is 7. The lowest BCUT2D eigenvalue weighted by molar-refractivity contribution is -0.121. The molecule has 0 atom stereocenters. The van der Waals surface area contributed by atoms with Crippen molar-refractivity contribution >= 4 is 24.3 Å². The van der Waals surface area contributed by atoms with E-state index in [9.17, 15) is 9.59 Å². The van der Waals surface area contributed by atoms with Crippen LogP contribution in [0.25, 0.3) is 0 Å². The smallest absolute Gasteiger partial charge is 0.321 e. The van der Waals surface area contributed by atoms with Crippen molar-refractivity contribution in [2.75, 3.05) is 32.7 Å². The van der Waals surface area contributed by atoms with E-state index in [1.54, 1.807) is 6.08 Å². The first-order chi connectivity index (χ1) is 9.67. The number of urea groups is 1. The van der Waals surface area contributed by atoms with E-state index in [1.165, 1.54) is 0 Å².